The van der Waals surface area contributed by atoms with Crippen LogP contribution < -0.4 is 0 Å². The zero-order chi connectivity index (χ0) is 13.0. The molecule has 0 aromatic heterocycles. The normalized spacial score (nSPS) is 19.2. The van der Waals surface area contributed by atoms with Crippen LogP contribution in [0.3, 0.4) is 0 Å². The summed E-state index contributed by atoms with van der Waals surface area (Å²) >= 11 is 0. The third-order valence-electron chi connectivity index (χ3n) is 3.47. The van der Waals surface area contributed by atoms with Gasteiger partial charge in [-0.3, -0.25) is 9.69 Å². The van der Waals surface area contributed by atoms with Crippen molar-refractivity contribution in [2.24, 2.45) is 5.92 Å². The molecule has 1 aliphatic rings. The van der Waals surface area contributed by atoms with Crippen molar-refractivity contribution in [1.82, 2.24) is 9.80 Å². The van der Waals surface area contributed by atoms with Crippen LogP contribution in [0, 0.1) is 5.92 Å². The second kappa shape index (κ2) is 6.36. The molecule has 0 radical (unpaired) electrons. The Hall–Kier alpha value is -0.610. The lowest BCUT2D eigenvalue weighted by Crippen LogP contribution is -2.46. The summed E-state index contributed by atoms with van der Waals surface area (Å²) in [6.45, 7) is 2.56. The Balaban J connectivity index is 2.47. The molecule has 2 atom stereocenters. The summed E-state index contributed by atoms with van der Waals surface area (Å²) in [7, 11) is 5.66. The number of likely N-dealkylation sites (N-methyl/N-ethyl adjacent to an activating group) is 2. The minimum Gasteiger partial charge on any atom is -0.391 e. The van der Waals surface area contributed by atoms with E-state index in [1.165, 1.54) is 0 Å². The number of nitrogens with zero attached hydrogens (tertiary/aromatic N) is 2. The van der Waals surface area contributed by atoms with Crippen LogP contribution in [0.2, 0.25) is 0 Å². The summed E-state index contributed by atoms with van der Waals surface area (Å²) in [5.74, 6) is 0.547. The van der Waals surface area contributed by atoms with Crippen molar-refractivity contribution in [2.75, 3.05) is 27.7 Å². The molecule has 0 saturated heterocycles. The van der Waals surface area contributed by atoms with Gasteiger partial charge < -0.3 is 10.0 Å². The number of hydrogen-bond acceptors (Lipinski definition) is 3. The Labute approximate surface area is 105 Å². The first-order chi connectivity index (χ1) is 7.97. The molecule has 4 nitrogen and oxygen atoms in total. The Morgan fingerprint density at radius 2 is 1.94 bits per heavy atom. The summed E-state index contributed by atoms with van der Waals surface area (Å²) in [6, 6.07) is -0.0589. The van der Waals surface area contributed by atoms with Crippen molar-refractivity contribution in [3.05, 3.63) is 0 Å². The van der Waals surface area contributed by atoms with Crippen molar-refractivity contribution < 1.29 is 9.90 Å². The molecule has 0 spiro atoms. The van der Waals surface area contributed by atoms with Gasteiger partial charge >= 0.3 is 0 Å². The molecule has 0 aliphatic heterocycles. The zero-order valence-corrected chi connectivity index (χ0v) is 11.5. The minimum atomic E-state index is -0.339. The molecular formula is C13H26N2O2. The maximum Gasteiger partial charge on any atom is 0.239 e. The number of hydrogen-bond donors (Lipinski definition) is 1. The van der Waals surface area contributed by atoms with Crippen molar-refractivity contribution in [3.63, 3.8) is 0 Å². The first-order valence-electron chi connectivity index (χ1n) is 6.56. The number of carbonyl (C=O) groups excluding carboxylic acids is 1. The Kier molecular flexibility index (Phi) is 5.40. The predicted molar refractivity (Wildman–Crippen MR) is 68.8 cm³/mol. The zero-order valence-electron chi connectivity index (χ0n) is 11.5. The average Bonchev–Trinajstić information content (AvgIpc) is 3.07. The number of aliphatic hydroxyl groups is 1. The van der Waals surface area contributed by atoms with Gasteiger partial charge in [0.1, 0.15) is 0 Å². The lowest BCUT2D eigenvalue weighted by Gasteiger charge is -2.29. The first kappa shape index (κ1) is 14.5. The summed E-state index contributed by atoms with van der Waals surface area (Å²) in [6.07, 6.45) is 3.74. The van der Waals surface area contributed by atoms with Gasteiger partial charge in [0, 0.05) is 13.6 Å². The molecule has 0 bridgehead atoms. The SMILES string of the molecule is CCCC(C(=O)N(C)CC(O)C1CC1)N(C)C. The summed E-state index contributed by atoms with van der Waals surface area (Å²) in [5.41, 5.74) is 0. The van der Waals surface area contributed by atoms with Gasteiger partial charge in [0.2, 0.25) is 5.91 Å². The highest BCUT2D eigenvalue weighted by atomic mass is 16.3. The monoisotopic (exact) mass is 242 g/mol. The van der Waals surface area contributed by atoms with Gasteiger partial charge in [0.25, 0.3) is 0 Å². The van der Waals surface area contributed by atoms with Gasteiger partial charge in [-0.2, -0.15) is 0 Å². The van der Waals surface area contributed by atoms with Crippen LogP contribution in [-0.4, -0.2) is 60.6 Å². The number of amides is 1. The fraction of sp³-hybridized carbons (Fsp3) is 0.923. The minimum absolute atomic E-state index is 0.0589. The maximum atomic E-state index is 12.2. The lowest BCUT2D eigenvalue weighted by atomic mass is 10.1. The molecule has 100 valence electrons. The van der Waals surface area contributed by atoms with E-state index in [2.05, 4.69) is 6.92 Å². The van der Waals surface area contributed by atoms with Crippen LogP contribution in [0.5, 0.6) is 0 Å². The maximum absolute atomic E-state index is 12.2. The highest BCUT2D eigenvalue weighted by Crippen LogP contribution is 2.32. The van der Waals surface area contributed by atoms with E-state index in [-0.39, 0.29) is 18.1 Å². The number of rotatable bonds is 7. The summed E-state index contributed by atoms with van der Waals surface area (Å²) < 4.78 is 0. The standard InChI is InChI=1S/C13H26N2O2/c1-5-6-11(14(2)3)13(17)15(4)9-12(16)10-7-8-10/h10-12,16H,5-9H2,1-4H3. The topological polar surface area (TPSA) is 43.8 Å². The highest BCUT2D eigenvalue weighted by molar-refractivity contribution is 5.81. The van der Waals surface area contributed by atoms with E-state index in [9.17, 15) is 9.90 Å². The average molecular weight is 242 g/mol. The molecule has 1 amide bonds. The quantitative estimate of drug-likeness (QED) is 0.723. The van der Waals surface area contributed by atoms with Gasteiger partial charge in [-0.15, -0.1) is 0 Å². The predicted octanol–water partition coefficient (Wildman–Crippen LogP) is 0.946. The molecule has 0 aromatic rings. The first-order valence-corrected chi connectivity index (χ1v) is 6.56. The van der Waals surface area contributed by atoms with E-state index in [0.29, 0.717) is 12.5 Å². The third-order valence-corrected chi connectivity index (χ3v) is 3.47. The van der Waals surface area contributed by atoms with E-state index in [4.69, 9.17) is 0 Å². The van der Waals surface area contributed by atoms with Gasteiger partial charge in [0.05, 0.1) is 12.1 Å². The molecule has 1 saturated carbocycles. The van der Waals surface area contributed by atoms with E-state index >= 15 is 0 Å². The molecule has 4 heteroatoms. The molecule has 2 unspecified atom stereocenters. The van der Waals surface area contributed by atoms with E-state index < -0.39 is 0 Å². The highest BCUT2D eigenvalue weighted by Gasteiger charge is 2.32. The van der Waals surface area contributed by atoms with Crippen molar-refractivity contribution >= 4 is 5.91 Å². The van der Waals surface area contributed by atoms with E-state index in [1.54, 1.807) is 11.9 Å². The number of aliphatic hydroxyl groups excluding tert-OH is 1. The van der Waals surface area contributed by atoms with E-state index in [0.717, 1.165) is 25.7 Å². The van der Waals surface area contributed by atoms with Crippen LogP contribution in [0.15, 0.2) is 0 Å². The second-order valence-electron chi connectivity index (χ2n) is 5.39. The molecular weight excluding hydrogens is 216 g/mol. The number of carbonyl (C=O) groups is 1. The molecule has 1 aliphatic carbocycles. The second-order valence-corrected chi connectivity index (χ2v) is 5.39. The van der Waals surface area contributed by atoms with Crippen LogP contribution in [0.1, 0.15) is 32.6 Å². The molecule has 1 fully saturated rings. The smallest absolute Gasteiger partial charge is 0.239 e. The van der Waals surface area contributed by atoms with Crippen LogP contribution >= 0.6 is 0 Å². The summed E-state index contributed by atoms with van der Waals surface area (Å²) in [5, 5.41) is 9.85. The molecule has 1 rings (SSSR count). The Morgan fingerprint density at radius 3 is 2.35 bits per heavy atom. The molecule has 17 heavy (non-hydrogen) atoms. The van der Waals surface area contributed by atoms with Crippen molar-refractivity contribution in [3.8, 4) is 0 Å². The van der Waals surface area contributed by atoms with Crippen molar-refractivity contribution in [2.45, 2.75) is 44.8 Å². The molecule has 0 heterocycles. The van der Waals surface area contributed by atoms with Crippen LogP contribution in [-0.2, 0) is 4.79 Å². The van der Waals surface area contributed by atoms with Crippen molar-refractivity contribution in [1.29, 1.82) is 0 Å². The van der Waals surface area contributed by atoms with Crippen LogP contribution in [0.25, 0.3) is 0 Å². The Bertz CT molecular complexity index is 252. The molecule has 0 aromatic carbocycles. The van der Waals surface area contributed by atoms with Gasteiger partial charge in [-0.05, 0) is 39.3 Å². The van der Waals surface area contributed by atoms with Gasteiger partial charge in [0.15, 0.2) is 0 Å². The summed E-state index contributed by atoms with van der Waals surface area (Å²) in [4.78, 5) is 15.9. The van der Waals surface area contributed by atoms with Gasteiger partial charge in [-0.25, -0.2) is 0 Å². The van der Waals surface area contributed by atoms with Crippen LogP contribution in [0.4, 0.5) is 0 Å². The third kappa shape index (κ3) is 4.28. The van der Waals surface area contributed by atoms with Gasteiger partial charge in [-0.1, -0.05) is 13.3 Å². The largest absolute Gasteiger partial charge is 0.391 e. The fourth-order valence-corrected chi connectivity index (χ4v) is 2.13. The fourth-order valence-electron chi connectivity index (χ4n) is 2.13. The van der Waals surface area contributed by atoms with E-state index in [1.807, 2.05) is 19.0 Å². The molecule has 1 N–H and O–H groups in total. The lowest BCUT2D eigenvalue weighted by molar-refractivity contribution is -0.136. The Morgan fingerprint density at radius 1 is 1.35 bits per heavy atom.